The molecule has 20 heavy (non-hydrogen) atoms. The number of halogens is 1. The van der Waals surface area contributed by atoms with Crippen LogP contribution in [-0.2, 0) is 4.79 Å². The smallest absolute Gasteiger partial charge is 0.222 e. The average Bonchev–Trinajstić information content (AvgIpc) is 2.43. The van der Waals surface area contributed by atoms with Crippen LogP contribution in [0.5, 0.6) is 5.75 Å². The number of nitrogens with zero attached hydrogens (tertiary/aromatic N) is 1. The zero-order chi connectivity index (χ0) is 14.4. The van der Waals surface area contributed by atoms with E-state index in [2.05, 4.69) is 28.2 Å². The first-order valence-electron chi connectivity index (χ1n) is 7.04. The Kier molecular flexibility index (Phi) is 5.86. The van der Waals surface area contributed by atoms with E-state index in [1.165, 1.54) is 0 Å². The Morgan fingerprint density at radius 2 is 2.40 bits per heavy atom. The Hall–Kier alpha value is -1.07. The second-order valence-corrected chi connectivity index (χ2v) is 6.02. The van der Waals surface area contributed by atoms with Gasteiger partial charge in [-0.2, -0.15) is 0 Å². The highest BCUT2D eigenvalue weighted by Crippen LogP contribution is 2.18. The van der Waals surface area contributed by atoms with E-state index in [9.17, 15) is 4.79 Å². The summed E-state index contributed by atoms with van der Waals surface area (Å²) >= 11 is 3.41. The SMILES string of the molecule is CC1CN(C(=O)CCCOc2cccc(Br)c2)CCN1. The molecule has 0 saturated carbocycles. The van der Waals surface area contributed by atoms with E-state index < -0.39 is 0 Å². The number of ether oxygens (including phenoxy) is 1. The number of hydrogen-bond donors (Lipinski definition) is 1. The number of rotatable bonds is 5. The Morgan fingerprint density at radius 3 is 3.15 bits per heavy atom. The highest BCUT2D eigenvalue weighted by Gasteiger charge is 2.19. The summed E-state index contributed by atoms with van der Waals surface area (Å²) in [5.41, 5.74) is 0. The molecule has 1 aliphatic rings. The zero-order valence-electron chi connectivity index (χ0n) is 11.8. The van der Waals surface area contributed by atoms with Crippen LogP contribution in [0, 0.1) is 0 Å². The van der Waals surface area contributed by atoms with Crippen LogP contribution in [0.4, 0.5) is 0 Å². The molecule has 0 spiro atoms. The Morgan fingerprint density at radius 1 is 1.55 bits per heavy atom. The third-order valence-electron chi connectivity index (χ3n) is 3.32. The number of piperazine rings is 1. The van der Waals surface area contributed by atoms with Gasteiger partial charge >= 0.3 is 0 Å². The molecule has 0 radical (unpaired) electrons. The van der Waals surface area contributed by atoms with Crippen molar-refractivity contribution in [2.24, 2.45) is 0 Å². The molecule has 0 aliphatic carbocycles. The summed E-state index contributed by atoms with van der Waals surface area (Å²) in [6.07, 6.45) is 1.31. The highest BCUT2D eigenvalue weighted by molar-refractivity contribution is 9.10. The second-order valence-electron chi connectivity index (χ2n) is 5.10. The summed E-state index contributed by atoms with van der Waals surface area (Å²) in [6.45, 7) is 5.20. The van der Waals surface area contributed by atoms with Crippen molar-refractivity contribution in [2.75, 3.05) is 26.2 Å². The topological polar surface area (TPSA) is 41.6 Å². The molecule has 110 valence electrons. The summed E-state index contributed by atoms with van der Waals surface area (Å²) in [7, 11) is 0. The highest BCUT2D eigenvalue weighted by atomic mass is 79.9. The van der Waals surface area contributed by atoms with Crippen LogP contribution in [0.1, 0.15) is 19.8 Å². The quantitative estimate of drug-likeness (QED) is 0.837. The standard InChI is InChI=1S/C15H21BrN2O2/c1-12-11-18(8-7-17-12)15(19)6-3-9-20-14-5-2-4-13(16)10-14/h2,4-5,10,12,17H,3,6-9,11H2,1H3. The minimum absolute atomic E-state index is 0.233. The van der Waals surface area contributed by atoms with Crippen LogP contribution in [0.25, 0.3) is 0 Å². The van der Waals surface area contributed by atoms with Crippen molar-refractivity contribution in [2.45, 2.75) is 25.8 Å². The fourth-order valence-electron chi connectivity index (χ4n) is 2.29. The van der Waals surface area contributed by atoms with Crippen LogP contribution in [-0.4, -0.2) is 43.1 Å². The maximum Gasteiger partial charge on any atom is 0.222 e. The van der Waals surface area contributed by atoms with Gasteiger partial charge in [0.05, 0.1) is 6.61 Å². The summed E-state index contributed by atoms with van der Waals surface area (Å²) in [6, 6.07) is 8.14. The molecule has 0 bridgehead atoms. The van der Waals surface area contributed by atoms with Gasteiger partial charge < -0.3 is 15.0 Å². The number of hydrogen-bond acceptors (Lipinski definition) is 3. The largest absolute Gasteiger partial charge is 0.494 e. The van der Waals surface area contributed by atoms with Crippen molar-refractivity contribution in [1.82, 2.24) is 10.2 Å². The summed E-state index contributed by atoms with van der Waals surface area (Å²) in [5, 5.41) is 3.34. The molecule has 2 rings (SSSR count). The fourth-order valence-corrected chi connectivity index (χ4v) is 2.67. The molecule has 4 nitrogen and oxygen atoms in total. The first-order chi connectivity index (χ1) is 9.65. The predicted octanol–water partition coefficient (Wildman–Crippen LogP) is 2.43. The molecular formula is C15H21BrN2O2. The number of benzene rings is 1. The van der Waals surface area contributed by atoms with Gasteiger partial charge in [0.1, 0.15) is 5.75 Å². The van der Waals surface area contributed by atoms with E-state index in [0.717, 1.165) is 36.3 Å². The van der Waals surface area contributed by atoms with Crippen molar-refractivity contribution in [1.29, 1.82) is 0 Å². The van der Waals surface area contributed by atoms with E-state index in [1.54, 1.807) is 0 Å². The van der Waals surface area contributed by atoms with Gasteiger partial charge in [-0.25, -0.2) is 0 Å². The van der Waals surface area contributed by atoms with Crippen LogP contribution in [0.2, 0.25) is 0 Å². The second kappa shape index (κ2) is 7.64. The van der Waals surface area contributed by atoms with Gasteiger partial charge in [0.25, 0.3) is 0 Å². The molecule has 1 N–H and O–H groups in total. The maximum absolute atomic E-state index is 12.0. The van der Waals surface area contributed by atoms with Gasteiger partial charge in [0, 0.05) is 36.6 Å². The van der Waals surface area contributed by atoms with Crippen molar-refractivity contribution in [3.8, 4) is 5.75 Å². The molecule has 1 fully saturated rings. The van der Waals surface area contributed by atoms with Gasteiger partial charge in [-0.15, -0.1) is 0 Å². The molecule has 5 heteroatoms. The van der Waals surface area contributed by atoms with Crippen LogP contribution < -0.4 is 10.1 Å². The van der Waals surface area contributed by atoms with E-state index in [4.69, 9.17) is 4.74 Å². The Labute approximate surface area is 128 Å². The molecule has 1 saturated heterocycles. The maximum atomic E-state index is 12.0. The molecule has 1 aliphatic heterocycles. The third-order valence-corrected chi connectivity index (χ3v) is 3.81. The van der Waals surface area contributed by atoms with E-state index in [-0.39, 0.29) is 5.91 Å². The molecule has 1 unspecified atom stereocenters. The van der Waals surface area contributed by atoms with E-state index in [0.29, 0.717) is 19.1 Å². The first kappa shape index (κ1) is 15.3. The first-order valence-corrected chi connectivity index (χ1v) is 7.84. The number of nitrogens with one attached hydrogen (secondary N) is 1. The minimum atomic E-state index is 0.233. The summed E-state index contributed by atoms with van der Waals surface area (Å²) in [5.74, 6) is 1.07. The molecule has 1 heterocycles. The van der Waals surface area contributed by atoms with Crippen LogP contribution in [0.15, 0.2) is 28.7 Å². The summed E-state index contributed by atoms with van der Waals surface area (Å²) in [4.78, 5) is 14.0. The molecule has 1 atom stereocenters. The number of carbonyl (C=O) groups is 1. The Balaban J connectivity index is 1.66. The van der Waals surface area contributed by atoms with Crippen molar-refractivity contribution in [3.63, 3.8) is 0 Å². The summed E-state index contributed by atoms with van der Waals surface area (Å²) < 4.78 is 6.63. The lowest BCUT2D eigenvalue weighted by Gasteiger charge is -2.32. The average molecular weight is 341 g/mol. The van der Waals surface area contributed by atoms with E-state index in [1.807, 2.05) is 29.2 Å². The van der Waals surface area contributed by atoms with Crippen LogP contribution in [0.3, 0.4) is 0 Å². The molecule has 1 aromatic carbocycles. The van der Waals surface area contributed by atoms with E-state index >= 15 is 0 Å². The van der Waals surface area contributed by atoms with Crippen molar-refractivity contribution < 1.29 is 9.53 Å². The molecule has 0 aromatic heterocycles. The number of amides is 1. The lowest BCUT2D eigenvalue weighted by molar-refractivity contribution is -0.132. The lowest BCUT2D eigenvalue weighted by Crippen LogP contribution is -2.51. The molecule has 1 amide bonds. The monoisotopic (exact) mass is 340 g/mol. The molecule has 1 aromatic rings. The normalized spacial score (nSPS) is 18.9. The minimum Gasteiger partial charge on any atom is -0.494 e. The zero-order valence-corrected chi connectivity index (χ0v) is 13.4. The van der Waals surface area contributed by atoms with Gasteiger partial charge in [-0.3, -0.25) is 4.79 Å². The number of carbonyl (C=O) groups excluding carboxylic acids is 1. The van der Waals surface area contributed by atoms with Gasteiger partial charge in [0.15, 0.2) is 0 Å². The lowest BCUT2D eigenvalue weighted by atomic mass is 10.2. The molecular weight excluding hydrogens is 320 g/mol. The van der Waals surface area contributed by atoms with Gasteiger partial charge in [0.2, 0.25) is 5.91 Å². The van der Waals surface area contributed by atoms with Gasteiger partial charge in [-0.05, 0) is 31.5 Å². The van der Waals surface area contributed by atoms with Gasteiger partial charge in [-0.1, -0.05) is 22.0 Å². The predicted molar refractivity (Wildman–Crippen MR) is 82.9 cm³/mol. The Bertz CT molecular complexity index is 453. The third kappa shape index (κ3) is 4.80. The van der Waals surface area contributed by atoms with Crippen LogP contribution >= 0.6 is 15.9 Å². The van der Waals surface area contributed by atoms with Crippen molar-refractivity contribution >= 4 is 21.8 Å². The van der Waals surface area contributed by atoms with Crippen molar-refractivity contribution in [3.05, 3.63) is 28.7 Å². The fraction of sp³-hybridized carbons (Fsp3) is 0.533.